The van der Waals surface area contributed by atoms with Crippen LogP contribution in [0.25, 0.3) is 0 Å². The summed E-state index contributed by atoms with van der Waals surface area (Å²) >= 11 is 0. The summed E-state index contributed by atoms with van der Waals surface area (Å²) in [4.78, 5) is 4.08. The molecule has 0 fully saturated rings. The van der Waals surface area contributed by atoms with E-state index in [1.165, 1.54) is 12.1 Å². The number of aliphatic imine (C=N–C) groups is 1. The average Bonchev–Trinajstić information content (AvgIpc) is 2.53. The van der Waals surface area contributed by atoms with Gasteiger partial charge in [-0.15, -0.1) is 0 Å². The van der Waals surface area contributed by atoms with Gasteiger partial charge >= 0.3 is 6.18 Å². The molecule has 0 radical (unpaired) electrons. The van der Waals surface area contributed by atoms with E-state index in [-0.39, 0.29) is 0 Å². The molecular weight excluding hydrogens is 307 g/mol. The number of halogens is 3. The van der Waals surface area contributed by atoms with Crippen LogP contribution in [-0.2, 0) is 17.5 Å². The summed E-state index contributed by atoms with van der Waals surface area (Å²) < 4.78 is 42.7. The molecule has 0 aromatic heterocycles. The average molecular weight is 331 g/mol. The highest BCUT2D eigenvalue weighted by Crippen LogP contribution is 2.28. The molecule has 130 valence electrons. The molecule has 0 saturated carbocycles. The molecule has 0 unspecified atom stereocenters. The lowest BCUT2D eigenvalue weighted by molar-refractivity contribution is -0.137. The third-order valence-corrected chi connectivity index (χ3v) is 3.18. The van der Waals surface area contributed by atoms with E-state index in [1.807, 2.05) is 6.92 Å². The van der Waals surface area contributed by atoms with Crippen LogP contribution in [0.1, 0.15) is 30.9 Å². The number of guanidine groups is 1. The number of nitrogens with zero attached hydrogens (tertiary/aromatic N) is 1. The molecule has 1 aromatic rings. The SMILES string of the molecule is CCOCCCCNC(=NC)NCc1ccc(C(F)(F)F)cc1. The molecule has 0 aliphatic carbocycles. The lowest BCUT2D eigenvalue weighted by atomic mass is 10.1. The molecule has 2 N–H and O–H groups in total. The Hall–Kier alpha value is -1.76. The monoisotopic (exact) mass is 331 g/mol. The van der Waals surface area contributed by atoms with Gasteiger partial charge in [-0.3, -0.25) is 4.99 Å². The molecule has 23 heavy (non-hydrogen) atoms. The molecule has 0 spiro atoms. The quantitative estimate of drug-likeness (QED) is 0.437. The first-order valence-corrected chi connectivity index (χ1v) is 7.65. The minimum absolute atomic E-state index is 0.413. The Morgan fingerprint density at radius 3 is 2.39 bits per heavy atom. The number of ether oxygens (including phenoxy) is 1. The summed E-state index contributed by atoms with van der Waals surface area (Å²) in [6.45, 7) is 4.61. The number of nitrogens with one attached hydrogen (secondary N) is 2. The van der Waals surface area contributed by atoms with Gasteiger partial charge in [-0.25, -0.2) is 0 Å². The molecule has 0 aliphatic heterocycles. The maximum absolute atomic E-state index is 12.5. The number of rotatable bonds is 8. The highest BCUT2D eigenvalue weighted by molar-refractivity contribution is 5.79. The Kier molecular flexibility index (Phi) is 8.47. The number of unbranched alkanes of at least 4 members (excludes halogenated alkanes) is 1. The molecule has 1 aromatic carbocycles. The third kappa shape index (κ3) is 7.88. The number of benzene rings is 1. The third-order valence-electron chi connectivity index (χ3n) is 3.18. The van der Waals surface area contributed by atoms with Crippen LogP contribution in [0.4, 0.5) is 13.2 Å². The minimum atomic E-state index is -4.30. The van der Waals surface area contributed by atoms with Crippen molar-refractivity contribution in [2.45, 2.75) is 32.5 Å². The van der Waals surface area contributed by atoms with E-state index in [0.717, 1.165) is 50.3 Å². The summed E-state index contributed by atoms with van der Waals surface area (Å²) in [7, 11) is 1.66. The predicted octanol–water partition coefficient (Wildman–Crippen LogP) is 3.19. The zero-order valence-corrected chi connectivity index (χ0v) is 13.5. The summed E-state index contributed by atoms with van der Waals surface area (Å²) in [6.07, 6.45) is -2.37. The molecule has 0 heterocycles. The van der Waals surface area contributed by atoms with Gasteiger partial charge in [0.05, 0.1) is 5.56 Å². The van der Waals surface area contributed by atoms with Crippen LogP contribution in [0.15, 0.2) is 29.3 Å². The lowest BCUT2D eigenvalue weighted by Crippen LogP contribution is -2.37. The van der Waals surface area contributed by atoms with Gasteiger partial charge in [0.15, 0.2) is 5.96 Å². The second-order valence-corrected chi connectivity index (χ2v) is 4.95. The Morgan fingerprint density at radius 1 is 1.13 bits per heavy atom. The lowest BCUT2D eigenvalue weighted by Gasteiger charge is -2.12. The van der Waals surface area contributed by atoms with Crippen LogP contribution in [0.2, 0.25) is 0 Å². The summed E-state index contributed by atoms with van der Waals surface area (Å²) in [5, 5.41) is 6.23. The van der Waals surface area contributed by atoms with Crippen molar-refractivity contribution in [2.75, 3.05) is 26.8 Å². The van der Waals surface area contributed by atoms with Crippen molar-refractivity contribution < 1.29 is 17.9 Å². The second-order valence-electron chi connectivity index (χ2n) is 4.95. The summed E-state index contributed by atoms with van der Waals surface area (Å²) in [5.41, 5.74) is 0.121. The second kappa shape index (κ2) is 10.1. The zero-order valence-electron chi connectivity index (χ0n) is 13.5. The Morgan fingerprint density at radius 2 is 1.83 bits per heavy atom. The van der Waals surface area contributed by atoms with E-state index in [4.69, 9.17) is 4.74 Å². The van der Waals surface area contributed by atoms with Gasteiger partial charge in [0.25, 0.3) is 0 Å². The number of alkyl halides is 3. The van der Waals surface area contributed by atoms with Crippen LogP contribution in [0.3, 0.4) is 0 Å². The fourth-order valence-corrected chi connectivity index (χ4v) is 1.90. The molecule has 0 amide bonds. The van der Waals surface area contributed by atoms with Crippen LogP contribution >= 0.6 is 0 Å². The van der Waals surface area contributed by atoms with E-state index >= 15 is 0 Å². The Labute approximate surface area is 135 Å². The molecule has 4 nitrogen and oxygen atoms in total. The molecule has 0 aliphatic rings. The van der Waals surface area contributed by atoms with E-state index in [9.17, 15) is 13.2 Å². The van der Waals surface area contributed by atoms with Crippen LogP contribution in [-0.4, -0.2) is 32.8 Å². The fraction of sp³-hybridized carbons (Fsp3) is 0.562. The van der Waals surface area contributed by atoms with Crippen molar-refractivity contribution in [3.8, 4) is 0 Å². The van der Waals surface area contributed by atoms with Gasteiger partial charge < -0.3 is 15.4 Å². The first-order chi connectivity index (χ1) is 11.0. The van der Waals surface area contributed by atoms with Crippen molar-refractivity contribution >= 4 is 5.96 Å². The van der Waals surface area contributed by atoms with Gasteiger partial charge in [0.2, 0.25) is 0 Å². The smallest absolute Gasteiger partial charge is 0.382 e. The van der Waals surface area contributed by atoms with Gasteiger partial charge in [0, 0.05) is 33.4 Å². The van der Waals surface area contributed by atoms with Crippen LogP contribution in [0.5, 0.6) is 0 Å². The zero-order chi connectivity index (χ0) is 17.1. The van der Waals surface area contributed by atoms with Crippen molar-refractivity contribution in [3.63, 3.8) is 0 Å². The predicted molar refractivity (Wildman–Crippen MR) is 85.4 cm³/mol. The van der Waals surface area contributed by atoms with E-state index in [0.29, 0.717) is 12.5 Å². The van der Waals surface area contributed by atoms with Gasteiger partial charge in [0.1, 0.15) is 0 Å². The molecule has 7 heteroatoms. The first kappa shape index (κ1) is 19.3. The van der Waals surface area contributed by atoms with Crippen molar-refractivity contribution in [1.82, 2.24) is 10.6 Å². The number of hydrogen-bond donors (Lipinski definition) is 2. The normalized spacial score (nSPS) is 12.3. The molecule has 0 saturated heterocycles. The van der Waals surface area contributed by atoms with Crippen LogP contribution in [0, 0.1) is 0 Å². The van der Waals surface area contributed by atoms with Crippen LogP contribution < -0.4 is 10.6 Å². The number of hydrogen-bond acceptors (Lipinski definition) is 2. The van der Waals surface area contributed by atoms with E-state index in [1.54, 1.807) is 7.05 Å². The summed E-state index contributed by atoms with van der Waals surface area (Å²) in [5.74, 6) is 0.626. The van der Waals surface area contributed by atoms with E-state index in [2.05, 4.69) is 15.6 Å². The fourth-order valence-electron chi connectivity index (χ4n) is 1.90. The topological polar surface area (TPSA) is 45.6 Å². The highest BCUT2D eigenvalue weighted by Gasteiger charge is 2.29. The molecule has 0 atom stereocenters. The standard InChI is InChI=1S/C16H24F3N3O/c1-3-23-11-5-4-10-21-15(20-2)22-12-13-6-8-14(9-7-13)16(17,18)19/h6-9H,3-5,10-12H2,1-2H3,(H2,20,21,22). The van der Waals surface area contributed by atoms with Gasteiger partial charge in [-0.05, 0) is 37.5 Å². The Bertz CT molecular complexity index is 472. The molecule has 0 bridgehead atoms. The molecule has 1 rings (SSSR count). The molecular formula is C16H24F3N3O. The highest BCUT2D eigenvalue weighted by atomic mass is 19.4. The minimum Gasteiger partial charge on any atom is -0.382 e. The first-order valence-electron chi connectivity index (χ1n) is 7.65. The van der Waals surface area contributed by atoms with Crippen molar-refractivity contribution in [3.05, 3.63) is 35.4 Å². The maximum Gasteiger partial charge on any atom is 0.416 e. The Balaban J connectivity index is 2.31. The van der Waals surface area contributed by atoms with Gasteiger partial charge in [-0.1, -0.05) is 12.1 Å². The maximum atomic E-state index is 12.5. The van der Waals surface area contributed by atoms with Crippen molar-refractivity contribution in [1.29, 1.82) is 0 Å². The van der Waals surface area contributed by atoms with Crippen molar-refractivity contribution in [2.24, 2.45) is 4.99 Å². The van der Waals surface area contributed by atoms with Gasteiger partial charge in [-0.2, -0.15) is 13.2 Å². The summed E-state index contributed by atoms with van der Waals surface area (Å²) in [6, 6.07) is 5.10. The largest absolute Gasteiger partial charge is 0.416 e. The van der Waals surface area contributed by atoms with E-state index < -0.39 is 11.7 Å².